The van der Waals surface area contributed by atoms with E-state index in [-0.39, 0.29) is 0 Å². The van der Waals surface area contributed by atoms with Crippen LogP contribution in [0.15, 0.2) is 546 Å². The molecule has 0 fully saturated rings. The Hall–Kier alpha value is -20.3. The van der Waals surface area contributed by atoms with E-state index in [2.05, 4.69) is 437 Å². The Kier molecular flexibility index (Phi) is 25.0. The van der Waals surface area contributed by atoms with Crippen LogP contribution in [0, 0.1) is 0 Å². The van der Waals surface area contributed by atoms with E-state index >= 15 is 0 Å². The van der Waals surface area contributed by atoms with Gasteiger partial charge in [-0.3, -0.25) is 0 Å². The molecule has 12 nitrogen and oxygen atoms in total. The third kappa shape index (κ3) is 19.1. The highest BCUT2D eigenvalue weighted by Gasteiger charge is 2.23. The number of pyridine rings is 3. The lowest BCUT2D eigenvalue weighted by atomic mass is 9.94. The number of nitrogens with zero attached hydrogens (tertiary/aromatic N) is 12. The smallest absolute Gasteiger partial charge is 0.164 e. The summed E-state index contributed by atoms with van der Waals surface area (Å²) in [6, 6.07) is 188. The van der Waals surface area contributed by atoms with E-state index < -0.39 is 0 Å². The van der Waals surface area contributed by atoms with Crippen molar-refractivity contribution in [3.8, 4) is 203 Å². The third-order valence-electron chi connectivity index (χ3n) is 27.4. The van der Waals surface area contributed by atoms with Crippen LogP contribution >= 0.6 is 0 Å². The van der Waals surface area contributed by atoms with Crippen molar-refractivity contribution in [3.05, 3.63) is 546 Å². The number of aromatic nitrogens is 12. The van der Waals surface area contributed by atoms with E-state index in [1.165, 1.54) is 71.1 Å². The summed E-state index contributed by atoms with van der Waals surface area (Å²) in [5, 5.41) is 10.7. The predicted molar refractivity (Wildman–Crippen MR) is 616 cm³/mol. The van der Waals surface area contributed by atoms with Gasteiger partial charge in [0.25, 0.3) is 0 Å². The van der Waals surface area contributed by atoms with Gasteiger partial charge in [0, 0.05) is 82.9 Å². The molecule has 0 aliphatic rings. The second-order valence-electron chi connectivity index (χ2n) is 36.9. The van der Waals surface area contributed by atoms with Crippen LogP contribution in [0.5, 0.6) is 0 Å². The minimum Gasteiger partial charge on any atom is -0.248 e. The molecule has 0 unspecified atom stereocenters. The lowest BCUT2D eigenvalue weighted by molar-refractivity contribution is 1.07. The maximum absolute atomic E-state index is 5.21. The van der Waals surface area contributed by atoms with E-state index in [4.69, 9.17) is 59.8 Å². The number of rotatable bonds is 18. The van der Waals surface area contributed by atoms with Gasteiger partial charge in [0.15, 0.2) is 52.4 Å². The number of benzene rings is 21. The first-order chi connectivity index (χ1) is 74.3. The van der Waals surface area contributed by atoms with Crippen molar-refractivity contribution in [1.82, 2.24) is 59.8 Å². The minimum absolute atomic E-state index is 0.610. The summed E-state index contributed by atoms with van der Waals surface area (Å²) in [5.74, 6) is 5.67. The molecule has 0 atom stereocenters. The first-order valence-corrected chi connectivity index (χ1v) is 50.2. The van der Waals surface area contributed by atoms with E-state index in [0.717, 1.165) is 145 Å². The van der Waals surface area contributed by atoms with Crippen LogP contribution in [0.3, 0.4) is 0 Å². The Morgan fingerprint density at radius 3 is 0.447 bits per heavy atom. The molecule has 0 aliphatic heterocycles. The average Bonchev–Trinajstić information content (AvgIpc) is 0.754. The van der Waals surface area contributed by atoms with Gasteiger partial charge in [-0.2, -0.15) is 0 Å². The minimum atomic E-state index is 0.610. The molecule has 0 N–H and O–H groups in total. The average molecular weight is 1920 g/mol. The molecule has 6 heterocycles. The predicted octanol–water partition coefficient (Wildman–Crippen LogP) is 34.7. The topological polar surface area (TPSA) is 155 Å². The van der Waals surface area contributed by atoms with Gasteiger partial charge >= 0.3 is 0 Å². The van der Waals surface area contributed by atoms with Crippen LogP contribution in [0.25, 0.3) is 268 Å². The van der Waals surface area contributed by atoms with E-state index in [1.807, 2.05) is 109 Å². The van der Waals surface area contributed by atoms with Gasteiger partial charge in [-0.05, 0) is 135 Å². The van der Waals surface area contributed by atoms with E-state index in [1.54, 1.807) is 0 Å². The Bertz CT molecular complexity index is 9410. The fraction of sp³-hybridized carbons (Fsp3) is 0. The molecule has 702 valence electrons. The third-order valence-corrected chi connectivity index (χ3v) is 27.4. The lowest BCUT2D eigenvalue weighted by Crippen LogP contribution is -2.00. The summed E-state index contributed by atoms with van der Waals surface area (Å²) in [4.78, 5) is 60.1. The largest absolute Gasteiger partial charge is 0.248 e. The van der Waals surface area contributed by atoms with Crippen molar-refractivity contribution < 1.29 is 0 Å². The van der Waals surface area contributed by atoms with Gasteiger partial charge in [0.05, 0.1) is 33.6 Å². The molecular formula is C138H90N12. The zero-order chi connectivity index (χ0) is 99.8. The summed E-state index contributed by atoms with van der Waals surface area (Å²) in [7, 11) is 0. The molecule has 0 saturated carbocycles. The fourth-order valence-corrected chi connectivity index (χ4v) is 19.8. The summed E-state index contributed by atoms with van der Waals surface area (Å²) in [5.41, 5.74) is 31.0. The van der Waals surface area contributed by atoms with Gasteiger partial charge in [-0.25, -0.2) is 59.8 Å². The van der Waals surface area contributed by atoms with Crippen molar-refractivity contribution >= 4 is 65.0 Å². The molecule has 27 rings (SSSR count). The van der Waals surface area contributed by atoms with Gasteiger partial charge in [0.1, 0.15) is 0 Å². The molecule has 0 amide bonds. The molecule has 12 heteroatoms. The molecule has 150 heavy (non-hydrogen) atoms. The van der Waals surface area contributed by atoms with Crippen LogP contribution in [0.4, 0.5) is 0 Å². The van der Waals surface area contributed by atoms with Crippen LogP contribution in [0.1, 0.15) is 0 Å². The Balaban J connectivity index is 0.000000117. The first kappa shape index (κ1) is 90.9. The second-order valence-corrected chi connectivity index (χ2v) is 36.9. The van der Waals surface area contributed by atoms with E-state index in [9.17, 15) is 0 Å². The zero-order valence-corrected chi connectivity index (χ0v) is 81.3. The zero-order valence-electron chi connectivity index (χ0n) is 81.3. The normalized spacial score (nSPS) is 11.2. The van der Waals surface area contributed by atoms with Gasteiger partial charge < -0.3 is 0 Å². The quantitative estimate of drug-likeness (QED) is 0.0751. The molecular weight excluding hydrogens is 1830 g/mol. The Morgan fingerprint density at radius 1 is 0.100 bits per heavy atom. The molecule has 21 aromatic carbocycles. The van der Waals surface area contributed by atoms with Crippen molar-refractivity contribution in [2.45, 2.75) is 0 Å². The summed E-state index contributed by atoms with van der Waals surface area (Å²) >= 11 is 0. The van der Waals surface area contributed by atoms with Crippen LogP contribution < -0.4 is 0 Å². The van der Waals surface area contributed by atoms with Crippen LogP contribution in [0.2, 0.25) is 0 Å². The van der Waals surface area contributed by atoms with E-state index in [0.29, 0.717) is 52.4 Å². The monoisotopic (exact) mass is 1910 g/mol. The molecule has 6 aromatic heterocycles. The SMILES string of the molecule is c1ccc(-c2ccc(-c3nc(-c4ccc(-c5ccccc5)cc4)nc(-c4ccc(-c5cc(-c6ccccc6)c6c(ccc7ccccc76)n5)cc4)n3)cc2)cc1.c1ccc(-c2ccc(-c3nc(-c4ccccc4)nc(-c4ccc(-c5cc(-c6ccccc6)c6c(ccc7ccccc76)n5)cc4)n3)cc2)cc1.c1ccc(-c2nc(-c3ccccc3)nc(-c3ccc(-c4cc(-c5ccccc5)c5c(ccc6ccccc65)n4)cc3)n2)cc1. The highest BCUT2D eigenvalue weighted by Crippen LogP contribution is 2.44. The maximum Gasteiger partial charge on any atom is 0.164 e. The highest BCUT2D eigenvalue weighted by molar-refractivity contribution is 6.17. The number of hydrogen-bond acceptors (Lipinski definition) is 12. The Morgan fingerprint density at radius 2 is 0.247 bits per heavy atom. The van der Waals surface area contributed by atoms with Crippen LogP contribution in [-0.2, 0) is 0 Å². The van der Waals surface area contributed by atoms with Crippen molar-refractivity contribution in [1.29, 1.82) is 0 Å². The highest BCUT2D eigenvalue weighted by atomic mass is 15.1. The van der Waals surface area contributed by atoms with Gasteiger partial charge in [-0.1, -0.05) is 510 Å². The standard InChI is InChI=1S/C52H34N4.C46H30N4.C40H26N4/c1-4-12-35(13-5-1)37-20-26-42(27-21-37)50-54-51(43-28-22-38(23-29-43)36-14-6-2-7-15-36)56-52(55-50)44-30-24-41(25-31-44)48-34-46(39-16-8-3-9-17-39)49-45-19-11-10-18-40(45)32-33-47(49)53-48;1-4-12-31(13-5-1)32-20-24-37(25-21-32)45-48-44(36-17-8-3-9-18-36)49-46(50-45)38-26-22-35(23-27-38)42-30-40(33-14-6-2-7-15-33)43-39-19-11-10-16-34(39)28-29-41(43)47-42;1-4-12-27(13-5-1)34-26-36(41-35-25-24-28-14-10-11-19-33(28)37(34)35)29-20-22-32(23-21-29)40-43-38(30-15-6-2-7-16-30)42-39(44-40)31-17-8-3-9-18-31/h1-34H;1-30H;1-26H. The molecule has 0 spiro atoms. The number of fused-ring (bicyclic) bond motifs is 9. The second kappa shape index (κ2) is 41.2. The molecule has 27 aromatic rings. The van der Waals surface area contributed by atoms with Gasteiger partial charge in [-0.15, -0.1) is 0 Å². The van der Waals surface area contributed by atoms with Crippen molar-refractivity contribution in [3.63, 3.8) is 0 Å². The van der Waals surface area contributed by atoms with Gasteiger partial charge in [0.2, 0.25) is 0 Å². The number of hydrogen-bond donors (Lipinski definition) is 0. The Labute approximate surface area is 867 Å². The van der Waals surface area contributed by atoms with Crippen molar-refractivity contribution in [2.75, 3.05) is 0 Å². The molecule has 0 bridgehead atoms. The molecule has 0 saturated heterocycles. The molecule has 0 radical (unpaired) electrons. The molecule has 0 aliphatic carbocycles. The maximum atomic E-state index is 5.21. The first-order valence-electron chi connectivity index (χ1n) is 50.2. The summed E-state index contributed by atoms with van der Waals surface area (Å²) in [6.45, 7) is 0. The summed E-state index contributed by atoms with van der Waals surface area (Å²) in [6.07, 6.45) is 0. The summed E-state index contributed by atoms with van der Waals surface area (Å²) < 4.78 is 0. The van der Waals surface area contributed by atoms with Crippen LogP contribution in [-0.4, -0.2) is 59.8 Å². The fourth-order valence-electron chi connectivity index (χ4n) is 19.8. The van der Waals surface area contributed by atoms with Crippen molar-refractivity contribution in [2.24, 2.45) is 0 Å². The lowest BCUT2D eigenvalue weighted by Gasteiger charge is -2.13.